The van der Waals surface area contributed by atoms with Crippen LogP contribution in [0.3, 0.4) is 0 Å². The zero-order valence-corrected chi connectivity index (χ0v) is 12.4. The molecule has 0 amide bonds. The summed E-state index contributed by atoms with van der Waals surface area (Å²) in [7, 11) is 0. The minimum atomic E-state index is 0.598. The monoisotopic (exact) mass is 285 g/mol. The Morgan fingerprint density at radius 3 is 2.65 bits per heavy atom. The second-order valence-electron chi connectivity index (χ2n) is 4.85. The summed E-state index contributed by atoms with van der Waals surface area (Å²) in [5, 5.41) is 2.06. The molecule has 0 bridgehead atoms. The predicted octanol–water partition coefficient (Wildman–Crippen LogP) is 3.99. The molecule has 20 heavy (non-hydrogen) atoms. The molecule has 0 atom stereocenters. The van der Waals surface area contributed by atoms with E-state index >= 15 is 0 Å². The Morgan fingerprint density at radius 1 is 1.05 bits per heavy atom. The summed E-state index contributed by atoms with van der Waals surface area (Å²) in [6.07, 6.45) is 1.54. The van der Waals surface area contributed by atoms with Crippen LogP contribution in [0.25, 0.3) is 10.2 Å². The quantitative estimate of drug-likeness (QED) is 0.723. The number of aromatic nitrogens is 2. The summed E-state index contributed by atoms with van der Waals surface area (Å²) in [5.41, 5.74) is 10.8. The van der Waals surface area contributed by atoms with E-state index in [1.807, 2.05) is 32.9 Å². The summed E-state index contributed by atoms with van der Waals surface area (Å²) in [6, 6.07) is 3.86. The van der Waals surface area contributed by atoms with E-state index in [1.165, 1.54) is 6.33 Å². The maximum atomic E-state index is 5.98. The molecule has 2 N–H and O–H groups in total. The molecule has 0 spiro atoms. The van der Waals surface area contributed by atoms with E-state index in [9.17, 15) is 0 Å². The number of ether oxygens (including phenoxy) is 1. The number of aryl methyl sites for hydroxylation is 3. The van der Waals surface area contributed by atoms with Crippen molar-refractivity contribution in [1.29, 1.82) is 0 Å². The normalized spacial score (nSPS) is 10.9. The Balaban J connectivity index is 2.08. The molecule has 0 aliphatic rings. The summed E-state index contributed by atoms with van der Waals surface area (Å²) >= 11 is 1.60. The van der Waals surface area contributed by atoms with E-state index in [-0.39, 0.29) is 0 Å². The molecule has 1 aromatic carbocycles. The lowest BCUT2D eigenvalue weighted by molar-refractivity contribution is 0.465. The van der Waals surface area contributed by atoms with Crippen molar-refractivity contribution in [2.24, 2.45) is 0 Å². The van der Waals surface area contributed by atoms with Gasteiger partial charge in [-0.05, 0) is 55.0 Å². The molecule has 4 nitrogen and oxygen atoms in total. The van der Waals surface area contributed by atoms with Gasteiger partial charge in [0.15, 0.2) is 0 Å². The highest BCUT2D eigenvalue weighted by Gasteiger charge is 2.12. The van der Waals surface area contributed by atoms with Crippen LogP contribution in [0.4, 0.5) is 5.69 Å². The Kier molecular flexibility index (Phi) is 3.06. The molecule has 3 aromatic rings. The standard InChI is InChI=1S/C15H15N3OS/c1-8-5-12(9(2)4-11(8)16)19-15-14-13(17-7-18-15)10(3)6-20-14/h4-7H,16H2,1-3H3. The van der Waals surface area contributed by atoms with E-state index in [0.717, 1.165) is 38.3 Å². The molecule has 0 saturated heterocycles. The third-order valence-electron chi connectivity index (χ3n) is 3.27. The summed E-state index contributed by atoms with van der Waals surface area (Å²) < 4.78 is 6.95. The lowest BCUT2D eigenvalue weighted by atomic mass is 10.1. The Bertz CT molecular complexity index is 795. The topological polar surface area (TPSA) is 61.0 Å². The minimum absolute atomic E-state index is 0.598. The van der Waals surface area contributed by atoms with E-state index < -0.39 is 0 Å². The molecule has 0 radical (unpaired) electrons. The van der Waals surface area contributed by atoms with Crippen LogP contribution in [0.2, 0.25) is 0 Å². The van der Waals surface area contributed by atoms with Crippen molar-refractivity contribution >= 4 is 27.2 Å². The van der Waals surface area contributed by atoms with Crippen LogP contribution in [0.15, 0.2) is 23.8 Å². The first-order valence-corrected chi connectivity index (χ1v) is 7.17. The lowest BCUT2D eigenvalue weighted by Gasteiger charge is -2.10. The van der Waals surface area contributed by atoms with Crippen molar-refractivity contribution in [2.75, 3.05) is 5.73 Å². The first-order chi connectivity index (χ1) is 9.56. The molecular formula is C15H15N3OS. The molecular weight excluding hydrogens is 270 g/mol. The number of benzene rings is 1. The maximum absolute atomic E-state index is 5.98. The van der Waals surface area contributed by atoms with Crippen molar-refractivity contribution in [3.63, 3.8) is 0 Å². The maximum Gasteiger partial charge on any atom is 0.240 e. The molecule has 3 rings (SSSR count). The van der Waals surface area contributed by atoms with E-state index in [2.05, 4.69) is 15.3 Å². The third-order valence-corrected chi connectivity index (χ3v) is 4.34. The zero-order valence-electron chi connectivity index (χ0n) is 11.6. The van der Waals surface area contributed by atoms with Crippen molar-refractivity contribution < 1.29 is 4.74 Å². The second kappa shape index (κ2) is 4.76. The number of nitrogens with zero attached hydrogens (tertiary/aromatic N) is 2. The molecule has 5 heteroatoms. The van der Waals surface area contributed by atoms with Crippen molar-refractivity contribution in [3.05, 3.63) is 40.5 Å². The van der Waals surface area contributed by atoms with Gasteiger partial charge < -0.3 is 10.5 Å². The van der Waals surface area contributed by atoms with Crippen molar-refractivity contribution in [3.8, 4) is 11.6 Å². The highest BCUT2D eigenvalue weighted by Crippen LogP contribution is 2.34. The molecule has 102 valence electrons. The lowest BCUT2D eigenvalue weighted by Crippen LogP contribution is -1.95. The van der Waals surface area contributed by atoms with Crippen LogP contribution >= 0.6 is 11.3 Å². The zero-order chi connectivity index (χ0) is 14.3. The van der Waals surface area contributed by atoms with Gasteiger partial charge in [0.25, 0.3) is 0 Å². The summed E-state index contributed by atoms with van der Waals surface area (Å²) in [5.74, 6) is 1.38. The van der Waals surface area contributed by atoms with E-state index in [4.69, 9.17) is 10.5 Å². The molecule has 0 fully saturated rings. The number of nitrogen functional groups attached to an aromatic ring is 1. The predicted molar refractivity (Wildman–Crippen MR) is 82.6 cm³/mol. The van der Waals surface area contributed by atoms with Gasteiger partial charge in [0.2, 0.25) is 5.88 Å². The second-order valence-corrected chi connectivity index (χ2v) is 5.73. The van der Waals surface area contributed by atoms with Gasteiger partial charge in [-0.25, -0.2) is 9.97 Å². The number of rotatable bonds is 2. The van der Waals surface area contributed by atoms with Crippen LogP contribution in [0.1, 0.15) is 16.7 Å². The van der Waals surface area contributed by atoms with Crippen molar-refractivity contribution in [1.82, 2.24) is 9.97 Å². The Labute approximate surface area is 121 Å². The number of anilines is 1. The number of hydrogen-bond donors (Lipinski definition) is 1. The van der Waals surface area contributed by atoms with Gasteiger partial charge in [-0.2, -0.15) is 0 Å². The van der Waals surface area contributed by atoms with Crippen LogP contribution in [-0.2, 0) is 0 Å². The molecule has 0 saturated carbocycles. The van der Waals surface area contributed by atoms with Gasteiger partial charge in [0, 0.05) is 5.69 Å². The van der Waals surface area contributed by atoms with Crippen LogP contribution in [-0.4, -0.2) is 9.97 Å². The molecule has 2 heterocycles. The van der Waals surface area contributed by atoms with Crippen LogP contribution in [0.5, 0.6) is 11.6 Å². The first-order valence-electron chi connectivity index (χ1n) is 6.29. The van der Waals surface area contributed by atoms with E-state index in [0.29, 0.717) is 5.88 Å². The Hall–Kier alpha value is -2.14. The largest absolute Gasteiger partial charge is 0.437 e. The minimum Gasteiger partial charge on any atom is -0.437 e. The van der Waals surface area contributed by atoms with Gasteiger partial charge in [-0.1, -0.05) is 0 Å². The van der Waals surface area contributed by atoms with Gasteiger partial charge in [0.1, 0.15) is 16.8 Å². The van der Waals surface area contributed by atoms with E-state index in [1.54, 1.807) is 11.3 Å². The Morgan fingerprint density at radius 2 is 1.85 bits per heavy atom. The smallest absolute Gasteiger partial charge is 0.240 e. The summed E-state index contributed by atoms with van der Waals surface area (Å²) in [6.45, 7) is 5.98. The highest BCUT2D eigenvalue weighted by atomic mass is 32.1. The van der Waals surface area contributed by atoms with Gasteiger partial charge in [-0.3, -0.25) is 0 Å². The number of fused-ring (bicyclic) bond motifs is 1. The first kappa shape index (κ1) is 12.9. The molecule has 0 aliphatic heterocycles. The summed E-state index contributed by atoms with van der Waals surface area (Å²) in [4.78, 5) is 8.55. The average molecular weight is 285 g/mol. The molecule has 2 aromatic heterocycles. The number of hydrogen-bond acceptors (Lipinski definition) is 5. The fraction of sp³-hybridized carbons (Fsp3) is 0.200. The number of nitrogens with two attached hydrogens (primary N) is 1. The van der Waals surface area contributed by atoms with Gasteiger partial charge in [-0.15, -0.1) is 11.3 Å². The van der Waals surface area contributed by atoms with Crippen LogP contribution in [0, 0.1) is 20.8 Å². The third kappa shape index (κ3) is 2.10. The molecule has 0 aliphatic carbocycles. The molecule has 0 unspecified atom stereocenters. The van der Waals surface area contributed by atoms with Gasteiger partial charge >= 0.3 is 0 Å². The number of thiophene rings is 1. The van der Waals surface area contributed by atoms with Crippen molar-refractivity contribution in [2.45, 2.75) is 20.8 Å². The fourth-order valence-electron chi connectivity index (χ4n) is 2.05. The highest BCUT2D eigenvalue weighted by molar-refractivity contribution is 7.17. The van der Waals surface area contributed by atoms with Crippen LogP contribution < -0.4 is 10.5 Å². The van der Waals surface area contributed by atoms with Gasteiger partial charge in [0.05, 0.1) is 5.52 Å². The fourth-order valence-corrected chi connectivity index (χ4v) is 2.97. The SMILES string of the molecule is Cc1cc(Oc2ncnc3c(C)csc23)c(C)cc1N. The average Bonchev–Trinajstić information content (AvgIpc) is 2.79.